The van der Waals surface area contributed by atoms with Crippen molar-refractivity contribution in [3.63, 3.8) is 0 Å². The molecule has 180 valence electrons. The second-order valence-electron chi connectivity index (χ2n) is 8.95. The van der Waals surface area contributed by atoms with Gasteiger partial charge in [0, 0.05) is 55.4 Å². The molecule has 1 N–H and O–H groups in total. The molecule has 5 heteroatoms. The molecule has 0 saturated heterocycles. The van der Waals surface area contributed by atoms with Gasteiger partial charge in [0.25, 0.3) is 0 Å². The quantitative estimate of drug-likeness (QED) is 0.285. The second kappa shape index (κ2) is 10.9. The summed E-state index contributed by atoms with van der Waals surface area (Å²) in [7, 11) is 2.05. The number of carbonyl (C=O) groups excluding carboxylic acids is 1. The summed E-state index contributed by atoms with van der Waals surface area (Å²) in [6.45, 7) is 0.972. The average molecular weight is 476 g/mol. The van der Waals surface area contributed by atoms with Crippen LogP contribution in [0.1, 0.15) is 34.6 Å². The van der Waals surface area contributed by atoms with Gasteiger partial charge in [-0.15, -0.1) is 0 Å². The molecule has 0 spiro atoms. The molecule has 5 rings (SSSR count). The van der Waals surface area contributed by atoms with Crippen LogP contribution in [0.5, 0.6) is 5.75 Å². The van der Waals surface area contributed by atoms with Crippen molar-refractivity contribution < 1.29 is 9.53 Å². The number of carbonyl (C=O) groups is 1. The summed E-state index contributed by atoms with van der Waals surface area (Å²) in [4.78, 5) is 17.2. The molecule has 0 aliphatic rings. The summed E-state index contributed by atoms with van der Waals surface area (Å²) >= 11 is 0. The van der Waals surface area contributed by atoms with Gasteiger partial charge < -0.3 is 14.6 Å². The van der Waals surface area contributed by atoms with E-state index < -0.39 is 0 Å². The molecule has 0 saturated carbocycles. The molecule has 1 unspecified atom stereocenters. The largest absolute Gasteiger partial charge is 0.489 e. The van der Waals surface area contributed by atoms with Crippen LogP contribution in [0.4, 0.5) is 0 Å². The lowest BCUT2D eigenvalue weighted by Crippen LogP contribution is -2.25. The van der Waals surface area contributed by atoms with E-state index in [1.165, 1.54) is 0 Å². The number of rotatable bonds is 9. The Balaban J connectivity index is 1.42. The fourth-order valence-electron chi connectivity index (χ4n) is 4.58. The fourth-order valence-corrected chi connectivity index (χ4v) is 4.58. The third kappa shape index (κ3) is 5.47. The van der Waals surface area contributed by atoms with Crippen LogP contribution in [0, 0.1) is 0 Å². The van der Waals surface area contributed by atoms with Crippen molar-refractivity contribution in [2.75, 3.05) is 0 Å². The van der Waals surface area contributed by atoms with Gasteiger partial charge in [-0.25, -0.2) is 0 Å². The smallest absolute Gasteiger partial charge is 0.221 e. The molecular weight excluding hydrogens is 446 g/mol. The first kappa shape index (κ1) is 23.4. The number of aryl methyl sites for hydroxylation is 1. The monoisotopic (exact) mass is 475 g/mol. The van der Waals surface area contributed by atoms with Gasteiger partial charge in [-0.05, 0) is 52.6 Å². The summed E-state index contributed by atoms with van der Waals surface area (Å²) in [6.07, 6.45) is 5.95. The zero-order valence-corrected chi connectivity index (χ0v) is 20.3. The van der Waals surface area contributed by atoms with Crippen molar-refractivity contribution >= 4 is 16.8 Å². The van der Waals surface area contributed by atoms with Gasteiger partial charge in [-0.3, -0.25) is 9.78 Å². The molecule has 1 amide bonds. The highest BCUT2D eigenvalue weighted by molar-refractivity contribution is 5.86. The van der Waals surface area contributed by atoms with Crippen LogP contribution in [0.15, 0.2) is 110 Å². The van der Waals surface area contributed by atoms with E-state index in [-0.39, 0.29) is 11.8 Å². The van der Waals surface area contributed by atoms with Gasteiger partial charge in [0.05, 0.1) is 0 Å². The Kier molecular flexibility index (Phi) is 7.08. The highest BCUT2D eigenvalue weighted by Gasteiger charge is 2.23. The number of hydrogen-bond acceptors (Lipinski definition) is 3. The van der Waals surface area contributed by atoms with Gasteiger partial charge in [0.1, 0.15) is 12.4 Å². The normalized spacial score (nSPS) is 11.8. The highest BCUT2D eigenvalue weighted by atomic mass is 16.5. The number of para-hydroxylation sites is 1. The third-order valence-electron chi connectivity index (χ3n) is 6.44. The van der Waals surface area contributed by atoms with Crippen molar-refractivity contribution in [3.8, 4) is 5.75 Å². The maximum Gasteiger partial charge on any atom is 0.221 e. The SMILES string of the molecule is Cn1cc(C(CC(=O)NCc2ccncc2)c2cccc(OCc3ccccc3)c2)c2ccccc21. The van der Waals surface area contributed by atoms with Crippen molar-refractivity contribution in [2.45, 2.75) is 25.5 Å². The van der Waals surface area contributed by atoms with Crippen LogP contribution >= 0.6 is 0 Å². The molecule has 2 heterocycles. The number of pyridine rings is 1. The molecule has 5 aromatic rings. The number of nitrogens with one attached hydrogen (secondary N) is 1. The van der Waals surface area contributed by atoms with E-state index in [4.69, 9.17) is 4.74 Å². The lowest BCUT2D eigenvalue weighted by molar-refractivity contribution is -0.121. The first-order chi connectivity index (χ1) is 17.7. The van der Waals surface area contributed by atoms with Crippen LogP contribution < -0.4 is 10.1 Å². The average Bonchev–Trinajstić information content (AvgIpc) is 3.27. The summed E-state index contributed by atoms with van der Waals surface area (Å²) in [5.41, 5.74) is 5.47. The zero-order valence-electron chi connectivity index (χ0n) is 20.3. The second-order valence-corrected chi connectivity index (χ2v) is 8.95. The predicted molar refractivity (Wildman–Crippen MR) is 143 cm³/mol. The van der Waals surface area contributed by atoms with Crippen LogP contribution in [0.2, 0.25) is 0 Å². The number of amides is 1. The Morgan fingerprint density at radius 1 is 0.917 bits per heavy atom. The molecule has 36 heavy (non-hydrogen) atoms. The van der Waals surface area contributed by atoms with Crippen LogP contribution in [0.3, 0.4) is 0 Å². The van der Waals surface area contributed by atoms with Crippen LogP contribution in [-0.2, 0) is 25.0 Å². The van der Waals surface area contributed by atoms with Crippen LogP contribution in [0.25, 0.3) is 10.9 Å². The minimum absolute atomic E-state index is 0.000327. The first-order valence-corrected chi connectivity index (χ1v) is 12.1. The Bertz CT molecular complexity index is 1440. The number of ether oxygens (including phenoxy) is 1. The van der Waals surface area contributed by atoms with E-state index in [0.29, 0.717) is 19.6 Å². The number of nitrogens with zero attached hydrogens (tertiary/aromatic N) is 2. The molecule has 0 aliphatic heterocycles. The molecule has 5 nitrogen and oxygen atoms in total. The highest BCUT2D eigenvalue weighted by Crippen LogP contribution is 2.35. The molecule has 1 atom stereocenters. The summed E-state index contributed by atoms with van der Waals surface area (Å²) in [5.74, 6) is 0.674. The lowest BCUT2D eigenvalue weighted by atomic mass is 9.88. The summed E-state index contributed by atoms with van der Waals surface area (Å²) < 4.78 is 8.24. The Labute approximate surface area is 211 Å². The van der Waals surface area contributed by atoms with E-state index >= 15 is 0 Å². The van der Waals surface area contributed by atoms with Gasteiger partial charge in [0.2, 0.25) is 5.91 Å². The van der Waals surface area contributed by atoms with Crippen molar-refractivity contribution in [1.82, 2.24) is 14.9 Å². The summed E-state index contributed by atoms with van der Waals surface area (Å²) in [5, 5.41) is 4.24. The van der Waals surface area contributed by atoms with Gasteiger partial charge in [-0.2, -0.15) is 0 Å². The Morgan fingerprint density at radius 2 is 1.69 bits per heavy atom. The van der Waals surface area contributed by atoms with E-state index in [0.717, 1.165) is 38.9 Å². The topological polar surface area (TPSA) is 56.2 Å². The maximum atomic E-state index is 13.1. The molecule has 2 aromatic heterocycles. The molecule has 3 aromatic carbocycles. The number of hydrogen-bond donors (Lipinski definition) is 1. The van der Waals surface area contributed by atoms with Crippen molar-refractivity contribution in [1.29, 1.82) is 0 Å². The van der Waals surface area contributed by atoms with E-state index in [1.807, 2.05) is 61.6 Å². The number of aromatic nitrogens is 2. The molecule has 0 fully saturated rings. The third-order valence-corrected chi connectivity index (χ3v) is 6.44. The lowest BCUT2D eigenvalue weighted by Gasteiger charge is -2.18. The Morgan fingerprint density at radius 3 is 2.53 bits per heavy atom. The zero-order chi connectivity index (χ0) is 24.7. The van der Waals surface area contributed by atoms with E-state index in [1.54, 1.807) is 12.4 Å². The maximum absolute atomic E-state index is 13.1. The minimum atomic E-state index is -0.117. The minimum Gasteiger partial charge on any atom is -0.489 e. The van der Waals surface area contributed by atoms with Crippen molar-refractivity contribution in [2.24, 2.45) is 7.05 Å². The standard InChI is InChI=1S/C31H29N3O2/c1-34-21-29(27-12-5-6-13-30(27)34)28(19-31(35)33-20-23-14-16-32-17-15-23)25-10-7-11-26(18-25)36-22-24-8-3-2-4-9-24/h2-18,21,28H,19-20,22H2,1H3,(H,33,35). The van der Waals surface area contributed by atoms with Crippen LogP contribution in [-0.4, -0.2) is 15.5 Å². The van der Waals surface area contributed by atoms with Gasteiger partial charge >= 0.3 is 0 Å². The van der Waals surface area contributed by atoms with Gasteiger partial charge in [0.15, 0.2) is 0 Å². The van der Waals surface area contributed by atoms with E-state index in [2.05, 4.69) is 57.5 Å². The number of benzene rings is 3. The molecule has 0 aliphatic carbocycles. The molecule has 0 bridgehead atoms. The Hall–Kier alpha value is -4.38. The summed E-state index contributed by atoms with van der Waals surface area (Å²) in [6, 6.07) is 30.4. The molecule has 0 radical (unpaired) electrons. The fraction of sp³-hybridized carbons (Fsp3) is 0.161. The number of fused-ring (bicyclic) bond motifs is 1. The van der Waals surface area contributed by atoms with Crippen molar-refractivity contribution in [3.05, 3.63) is 132 Å². The van der Waals surface area contributed by atoms with E-state index in [9.17, 15) is 4.79 Å². The first-order valence-electron chi connectivity index (χ1n) is 12.1. The van der Waals surface area contributed by atoms with Gasteiger partial charge in [-0.1, -0.05) is 60.7 Å². The predicted octanol–water partition coefficient (Wildman–Crippen LogP) is 5.99. The molecular formula is C31H29N3O2.